The van der Waals surface area contributed by atoms with Crippen LogP contribution in [0.15, 0.2) is 0 Å². The average Bonchev–Trinajstić information content (AvgIpc) is 0.777. The van der Waals surface area contributed by atoms with Crippen LogP contribution in [0.5, 0.6) is 0 Å². The molecule has 20 heteroatoms. The van der Waals surface area contributed by atoms with Gasteiger partial charge < -0.3 is 51.1 Å². The second kappa shape index (κ2) is 26.3. The van der Waals surface area contributed by atoms with Crippen molar-refractivity contribution >= 4 is 35.7 Å². The third-order valence-electron chi connectivity index (χ3n) is 20.4. The fourth-order valence-electron chi connectivity index (χ4n) is 18.1. The fraction of sp³-hybridized carbons (Fsp3) is 0.914. The van der Waals surface area contributed by atoms with Crippen LogP contribution in [0.25, 0.3) is 0 Å². The summed E-state index contributed by atoms with van der Waals surface area (Å²) in [4.78, 5) is 43.2. The number of fused-ring (bicyclic) bond motifs is 4. The lowest BCUT2D eigenvalue weighted by atomic mass is 9.78. The standard InChI is InChI=1S/C70H132N16O4/c1-59(2,3)47-61(7,8)77-53-71-55-75-56(72-53)80(50-41-65(15,16)84(88)66(17,18)42-50)36-32-28-30-34-38-82(52-45-69(23,24)86(90)70(25,26)46-52)58-74-54(78-62(9,10)48-60(4,5)6)73-57(76-58)81(51-43-67(19,20)85(89)68(21,22)44-51)37-33-29-27-31-35-79(55)49-39-63(11,12)83(87)64(13,14)40-49/h49-52,87-90H,27-48H2,1-26H3,(H,71,72,75,77)(H,73,74,76,78). The molecule has 4 bridgehead atoms. The number of nitrogens with zero attached hydrogens (tertiary/aromatic N) is 14. The molecule has 0 atom stereocenters. The molecule has 2 aromatic rings. The molecule has 4 fully saturated rings. The highest BCUT2D eigenvalue weighted by Crippen LogP contribution is 2.46. The molecule has 0 spiro atoms. The van der Waals surface area contributed by atoms with Gasteiger partial charge in [0.1, 0.15) is 0 Å². The van der Waals surface area contributed by atoms with Gasteiger partial charge in [-0.2, -0.15) is 50.2 Å². The summed E-state index contributed by atoms with van der Waals surface area (Å²) in [5, 5.41) is 61.2. The third kappa shape index (κ3) is 18.1. The molecule has 4 saturated heterocycles. The van der Waals surface area contributed by atoms with Gasteiger partial charge in [0.25, 0.3) is 0 Å². The fourth-order valence-corrected chi connectivity index (χ4v) is 18.1. The Bertz CT molecular complexity index is 2310. The lowest BCUT2D eigenvalue weighted by Gasteiger charge is -2.54. The maximum atomic E-state index is 11.8. The second-order valence-corrected chi connectivity index (χ2v) is 37.6. The molecule has 6 N–H and O–H groups in total. The van der Waals surface area contributed by atoms with Gasteiger partial charge in [-0.05, 0) is 239 Å². The highest BCUT2D eigenvalue weighted by atomic mass is 16.5. The Labute approximate surface area is 546 Å². The molecule has 5 aliphatic heterocycles. The minimum absolute atomic E-state index is 0.0141. The minimum atomic E-state index is -0.521. The lowest BCUT2D eigenvalue weighted by molar-refractivity contribution is -0.244. The first-order valence-corrected chi connectivity index (χ1v) is 35.0. The summed E-state index contributed by atoms with van der Waals surface area (Å²) in [7, 11) is 0. The first-order valence-electron chi connectivity index (χ1n) is 35.0. The average molecular weight is 1260 g/mol. The van der Waals surface area contributed by atoms with Crippen molar-refractivity contribution in [2.24, 2.45) is 10.8 Å². The maximum absolute atomic E-state index is 11.8. The molecule has 90 heavy (non-hydrogen) atoms. The van der Waals surface area contributed by atoms with Gasteiger partial charge in [-0.3, -0.25) is 0 Å². The van der Waals surface area contributed by atoms with Crippen molar-refractivity contribution in [2.45, 2.75) is 375 Å². The summed E-state index contributed by atoms with van der Waals surface area (Å²) in [6.07, 6.45) is 14.9. The first kappa shape index (κ1) is 73.9. The van der Waals surface area contributed by atoms with E-state index in [0.29, 0.717) is 87.1 Å². The van der Waals surface area contributed by atoms with E-state index in [0.717, 1.165) is 90.4 Å². The van der Waals surface area contributed by atoms with Crippen molar-refractivity contribution in [2.75, 3.05) is 56.4 Å². The molecular formula is C70H132N16O4. The summed E-state index contributed by atoms with van der Waals surface area (Å²) in [5.41, 5.74) is -4.80. The number of hydrogen-bond acceptors (Lipinski definition) is 20. The van der Waals surface area contributed by atoms with Crippen molar-refractivity contribution in [1.29, 1.82) is 0 Å². The molecule has 20 nitrogen and oxygen atoms in total. The van der Waals surface area contributed by atoms with Crippen LogP contribution >= 0.6 is 0 Å². The van der Waals surface area contributed by atoms with E-state index in [1.165, 1.54) is 0 Å². The first-order chi connectivity index (χ1) is 40.8. The molecule has 7 heterocycles. The molecule has 516 valence electrons. The van der Waals surface area contributed by atoms with Crippen LogP contribution in [-0.4, -0.2) is 177 Å². The zero-order valence-corrected chi connectivity index (χ0v) is 61.9. The van der Waals surface area contributed by atoms with Gasteiger partial charge >= 0.3 is 0 Å². The molecule has 0 saturated carbocycles. The van der Waals surface area contributed by atoms with E-state index in [1.807, 2.05) is 0 Å². The van der Waals surface area contributed by atoms with Crippen molar-refractivity contribution in [3.8, 4) is 0 Å². The Morgan fingerprint density at radius 3 is 0.656 bits per heavy atom. The van der Waals surface area contributed by atoms with Gasteiger partial charge in [0.15, 0.2) is 0 Å². The highest BCUT2D eigenvalue weighted by molar-refractivity contribution is 5.50. The summed E-state index contributed by atoms with van der Waals surface area (Å²) in [5.74, 6) is 3.77. The lowest BCUT2D eigenvalue weighted by Crippen LogP contribution is -2.63. The minimum Gasteiger partial charge on any atom is -0.349 e. The van der Waals surface area contributed by atoms with Crippen molar-refractivity contribution in [3.63, 3.8) is 0 Å². The predicted octanol–water partition coefficient (Wildman–Crippen LogP) is 15.0. The van der Waals surface area contributed by atoms with Crippen LogP contribution < -0.4 is 30.2 Å². The molecule has 0 unspecified atom stereocenters. The Hall–Kier alpha value is -3.50. The number of nitrogens with one attached hydrogen (secondary N) is 2. The maximum Gasteiger partial charge on any atom is 0.232 e. The molecule has 0 aliphatic carbocycles. The summed E-state index contributed by atoms with van der Waals surface area (Å²) in [6, 6.07) is 0.0566. The molecule has 0 amide bonds. The third-order valence-corrected chi connectivity index (χ3v) is 20.4. The SMILES string of the molecule is CC(C)(C)CC(C)(C)Nc1nc2nc(n1)N(C1CC(C)(C)N(O)C(C)(C)C1)CCCCCCN(C1CC(C)(C)N(O)C(C)(C)C1)c1nc(NC(C)(C)CC(C)(C)C)nc(n1)N(C1CC(C)(C)N(O)C(C)(C)C1)CCCCCCN2C1CC(C)(C)N(O)C(C)(C)C1. The largest absolute Gasteiger partial charge is 0.349 e. The molecule has 0 aromatic carbocycles. The van der Waals surface area contributed by atoms with E-state index in [9.17, 15) is 20.8 Å². The zero-order valence-electron chi connectivity index (χ0n) is 61.9. The molecule has 2 aromatic heterocycles. The topological polar surface area (TPSA) is 208 Å². The van der Waals surface area contributed by atoms with Crippen molar-refractivity contribution < 1.29 is 20.8 Å². The molecule has 0 radical (unpaired) electrons. The number of rotatable bonds is 10. The number of aromatic nitrogens is 6. The predicted molar refractivity (Wildman–Crippen MR) is 369 cm³/mol. The van der Waals surface area contributed by atoms with Gasteiger partial charge in [0.2, 0.25) is 35.7 Å². The molecular weight excluding hydrogens is 1130 g/mol. The van der Waals surface area contributed by atoms with Crippen LogP contribution in [0.3, 0.4) is 0 Å². The Morgan fingerprint density at radius 1 is 0.311 bits per heavy atom. The highest BCUT2D eigenvalue weighted by Gasteiger charge is 2.52. The summed E-state index contributed by atoms with van der Waals surface area (Å²) < 4.78 is 0. The smallest absolute Gasteiger partial charge is 0.232 e. The van der Waals surface area contributed by atoms with Gasteiger partial charge in [-0.1, -0.05) is 67.2 Å². The number of hydrogen-bond donors (Lipinski definition) is 6. The Balaban J connectivity index is 1.39. The van der Waals surface area contributed by atoms with Crippen molar-refractivity contribution in [3.05, 3.63) is 0 Å². The normalized spacial score (nSPS) is 25.6. The van der Waals surface area contributed by atoms with E-state index in [2.05, 4.69) is 210 Å². The Morgan fingerprint density at radius 2 is 0.489 bits per heavy atom. The summed E-state index contributed by atoms with van der Waals surface area (Å²) >= 11 is 0. The van der Waals surface area contributed by atoms with Crippen molar-refractivity contribution in [1.82, 2.24) is 50.2 Å². The van der Waals surface area contributed by atoms with Gasteiger partial charge in [-0.25, -0.2) is 0 Å². The monoisotopic (exact) mass is 1260 g/mol. The van der Waals surface area contributed by atoms with E-state index in [-0.39, 0.29) is 46.1 Å². The van der Waals surface area contributed by atoms with Gasteiger partial charge in [-0.15, -0.1) is 0 Å². The van der Waals surface area contributed by atoms with Crippen LogP contribution in [0.2, 0.25) is 0 Å². The zero-order chi connectivity index (χ0) is 67.6. The van der Waals surface area contributed by atoms with E-state index in [4.69, 9.17) is 29.9 Å². The van der Waals surface area contributed by atoms with E-state index < -0.39 is 44.3 Å². The van der Waals surface area contributed by atoms with E-state index >= 15 is 0 Å². The van der Waals surface area contributed by atoms with Crippen LogP contribution in [0.1, 0.15) is 296 Å². The van der Waals surface area contributed by atoms with Gasteiger partial charge in [0.05, 0.1) is 0 Å². The van der Waals surface area contributed by atoms with E-state index in [1.54, 1.807) is 20.3 Å². The number of piperidine rings is 4. The number of anilines is 6. The van der Waals surface area contributed by atoms with Gasteiger partial charge in [0, 0.05) is 106 Å². The summed E-state index contributed by atoms with van der Waals surface area (Å²) in [6.45, 7) is 60.0. The molecule has 7 rings (SSSR count). The molecule has 5 aliphatic rings. The van der Waals surface area contributed by atoms with Crippen LogP contribution in [-0.2, 0) is 0 Å². The Kier molecular flexibility index (Phi) is 21.6. The van der Waals surface area contributed by atoms with Crippen LogP contribution in [0, 0.1) is 10.8 Å². The number of hydroxylamine groups is 8. The van der Waals surface area contributed by atoms with Crippen LogP contribution in [0.4, 0.5) is 35.7 Å². The quantitative estimate of drug-likeness (QED) is 0.131. The second-order valence-electron chi connectivity index (χ2n) is 37.6.